The number of fused-ring (bicyclic) bond motifs is 1. The summed E-state index contributed by atoms with van der Waals surface area (Å²) in [5, 5.41) is 3.81. The minimum absolute atomic E-state index is 0.158. The van der Waals surface area contributed by atoms with E-state index in [-0.39, 0.29) is 11.7 Å². The van der Waals surface area contributed by atoms with Gasteiger partial charge in [0.15, 0.2) is 5.65 Å². The molecule has 4 rings (SSSR count). The predicted molar refractivity (Wildman–Crippen MR) is 104 cm³/mol. The highest BCUT2D eigenvalue weighted by molar-refractivity contribution is 5.96. The standard InChI is InChI=1S/C20H22N6O/c1-13-10-14(2)23-17-16(13)19(26-8-3-4-9-26)25-18(24-17)20(27)22-12-15-6-5-7-21-11-15/h5-7,10-11H,3-4,8-9,12H2,1-2H3,(H,22,27). The molecular formula is C20H22N6O. The smallest absolute Gasteiger partial charge is 0.289 e. The molecule has 1 saturated heterocycles. The lowest BCUT2D eigenvalue weighted by Crippen LogP contribution is -2.27. The number of carbonyl (C=O) groups excluding carboxylic acids is 1. The van der Waals surface area contributed by atoms with Gasteiger partial charge in [0.05, 0.1) is 5.39 Å². The van der Waals surface area contributed by atoms with Crippen LogP contribution in [0.2, 0.25) is 0 Å². The van der Waals surface area contributed by atoms with Gasteiger partial charge in [-0.05, 0) is 49.9 Å². The van der Waals surface area contributed by atoms with E-state index in [9.17, 15) is 4.79 Å². The van der Waals surface area contributed by atoms with Crippen LogP contribution in [-0.4, -0.2) is 38.9 Å². The fourth-order valence-corrected chi connectivity index (χ4v) is 3.48. The maximum absolute atomic E-state index is 12.7. The Hall–Kier alpha value is -3.09. The van der Waals surface area contributed by atoms with E-state index < -0.39 is 0 Å². The van der Waals surface area contributed by atoms with Gasteiger partial charge in [0, 0.05) is 37.7 Å². The van der Waals surface area contributed by atoms with Crippen molar-refractivity contribution in [1.82, 2.24) is 25.3 Å². The van der Waals surface area contributed by atoms with Crippen LogP contribution in [0.25, 0.3) is 11.0 Å². The largest absolute Gasteiger partial charge is 0.356 e. The molecule has 0 bridgehead atoms. The predicted octanol–water partition coefficient (Wildman–Crippen LogP) is 2.57. The molecule has 0 aromatic carbocycles. The average molecular weight is 362 g/mol. The van der Waals surface area contributed by atoms with Crippen LogP contribution in [0.15, 0.2) is 30.6 Å². The molecule has 0 radical (unpaired) electrons. The van der Waals surface area contributed by atoms with Gasteiger partial charge in [0.2, 0.25) is 5.82 Å². The minimum Gasteiger partial charge on any atom is -0.356 e. The molecule has 0 saturated carbocycles. The molecule has 1 N–H and O–H groups in total. The molecule has 3 aromatic rings. The lowest BCUT2D eigenvalue weighted by molar-refractivity contribution is 0.0941. The Labute approximate surface area is 157 Å². The van der Waals surface area contributed by atoms with Crippen LogP contribution in [-0.2, 0) is 6.54 Å². The molecule has 1 aliphatic heterocycles. The molecule has 138 valence electrons. The Balaban J connectivity index is 1.71. The molecule has 27 heavy (non-hydrogen) atoms. The minimum atomic E-state index is -0.304. The Morgan fingerprint density at radius 2 is 2.00 bits per heavy atom. The van der Waals surface area contributed by atoms with E-state index in [4.69, 9.17) is 0 Å². The summed E-state index contributed by atoms with van der Waals surface area (Å²) in [6.07, 6.45) is 5.70. The van der Waals surface area contributed by atoms with Gasteiger partial charge in [0.1, 0.15) is 5.82 Å². The maximum atomic E-state index is 12.7. The summed E-state index contributed by atoms with van der Waals surface area (Å²) in [5.74, 6) is 0.668. The number of pyridine rings is 2. The van der Waals surface area contributed by atoms with Crippen LogP contribution < -0.4 is 10.2 Å². The molecule has 7 nitrogen and oxygen atoms in total. The van der Waals surface area contributed by atoms with Gasteiger partial charge in [0.25, 0.3) is 5.91 Å². The zero-order valence-electron chi connectivity index (χ0n) is 15.6. The molecule has 1 aliphatic rings. The number of carbonyl (C=O) groups is 1. The quantitative estimate of drug-likeness (QED) is 0.768. The second-order valence-corrected chi connectivity index (χ2v) is 6.89. The van der Waals surface area contributed by atoms with E-state index in [1.807, 2.05) is 32.0 Å². The second-order valence-electron chi connectivity index (χ2n) is 6.89. The number of nitrogens with one attached hydrogen (secondary N) is 1. The lowest BCUT2D eigenvalue weighted by Gasteiger charge is -2.20. The first-order chi connectivity index (χ1) is 13.1. The number of hydrogen-bond donors (Lipinski definition) is 1. The molecule has 7 heteroatoms. The van der Waals surface area contributed by atoms with Crippen LogP contribution >= 0.6 is 0 Å². The van der Waals surface area contributed by atoms with Crippen molar-refractivity contribution in [3.8, 4) is 0 Å². The van der Waals surface area contributed by atoms with Crippen LogP contribution in [0.1, 0.15) is 40.3 Å². The summed E-state index contributed by atoms with van der Waals surface area (Å²) < 4.78 is 0. The average Bonchev–Trinajstić information content (AvgIpc) is 3.20. The number of aromatic nitrogens is 4. The van der Waals surface area contributed by atoms with Crippen molar-refractivity contribution in [1.29, 1.82) is 0 Å². The molecule has 1 fully saturated rings. The van der Waals surface area contributed by atoms with Gasteiger partial charge in [-0.1, -0.05) is 6.07 Å². The van der Waals surface area contributed by atoms with Crippen molar-refractivity contribution < 1.29 is 4.79 Å². The van der Waals surface area contributed by atoms with Crippen molar-refractivity contribution >= 4 is 22.8 Å². The highest BCUT2D eigenvalue weighted by Crippen LogP contribution is 2.29. The van der Waals surface area contributed by atoms with Crippen molar-refractivity contribution in [3.63, 3.8) is 0 Å². The number of anilines is 1. The SMILES string of the molecule is Cc1cc(C)c2c(N3CCCC3)nc(C(=O)NCc3cccnc3)nc2n1. The Bertz CT molecular complexity index is 983. The summed E-state index contributed by atoms with van der Waals surface area (Å²) >= 11 is 0. The monoisotopic (exact) mass is 362 g/mol. The molecular weight excluding hydrogens is 340 g/mol. The van der Waals surface area contributed by atoms with Crippen molar-refractivity contribution in [2.24, 2.45) is 0 Å². The third-order valence-electron chi connectivity index (χ3n) is 4.76. The fraction of sp³-hybridized carbons (Fsp3) is 0.350. The van der Waals surface area contributed by atoms with E-state index in [1.165, 1.54) is 0 Å². The van der Waals surface area contributed by atoms with Gasteiger partial charge < -0.3 is 10.2 Å². The van der Waals surface area contributed by atoms with Crippen molar-refractivity contribution in [2.45, 2.75) is 33.2 Å². The third-order valence-corrected chi connectivity index (χ3v) is 4.76. The number of hydrogen-bond acceptors (Lipinski definition) is 6. The number of aryl methyl sites for hydroxylation is 2. The molecule has 0 unspecified atom stereocenters. The lowest BCUT2D eigenvalue weighted by atomic mass is 10.1. The molecule has 0 aliphatic carbocycles. The number of nitrogens with zero attached hydrogens (tertiary/aromatic N) is 5. The van der Waals surface area contributed by atoms with Gasteiger partial charge in [-0.2, -0.15) is 0 Å². The highest BCUT2D eigenvalue weighted by atomic mass is 16.2. The maximum Gasteiger partial charge on any atom is 0.289 e. The fourth-order valence-electron chi connectivity index (χ4n) is 3.48. The van der Waals surface area contributed by atoms with Crippen LogP contribution in [0, 0.1) is 13.8 Å². The Kier molecular flexibility index (Phi) is 4.66. The summed E-state index contributed by atoms with van der Waals surface area (Å²) in [5.41, 5.74) is 3.47. The van der Waals surface area contributed by atoms with Crippen LogP contribution in [0.3, 0.4) is 0 Å². The Morgan fingerprint density at radius 1 is 1.19 bits per heavy atom. The molecule has 0 atom stereocenters. The van der Waals surface area contributed by atoms with E-state index in [0.29, 0.717) is 12.2 Å². The molecule has 0 spiro atoms. The zero-order chi connectivity index (χ0) is 18.8. The molecule has 4 heterocycles. The summed E-state index contributed by atoms with van der Waals surface area (Å²) in [7, 11) is 0. The van der Waals surface area contributed by atoms with E-state index in [1.54, 1.807) is 12.4 Å². The van der Waals surface area contributed by atoms with Crippen LogP contribution in [0.4, 0.5) is 5.82 Å². The number of rotatable bonds is 4. The first kappa shape index (κ1) is 17.3. The summed E-state index contributed by atoms with van der Waals surface area (Å²) in [4.78, 5) is 32.6. The molecule has 3 aromatic heterocycles. The van der Waals surface area contributed by atoms with Gasteiger partial charge in [-0.15, -0.1) is 0 Å². The number of amides is 1. The van der Waals surface area contributed by atoms with Crippen molar-refractivity contribution in [3.05, 3.63) is 53.2 Å². The van der Waals surface area contributed by atoms with Gasteiger partial charge in [-0.3, -0.25) is 9.78 Å². The van der Waals surface area contributed by atoms with E-state index >= 15 is 0 Å². The van der Waals surface area contributed by atoms with E-state index in [2.05, 4.69) is 30.2 Å². The van der Waals surface area contributed by atoms with Crippen LogP contribution in [0.5, 0.6) is 0 Å². The van der Waals surface area contributed by atoms with Crippen molar-refractivity contribution in [2.75, 3.05) is 18.0 Å². The zero-order valence-corrected chi connectivity index (χ0v) is 15.6. The Morgan fingerprint density at radius 3 is 2.74 bits per heavy atom. The topological polar surface area (TPSA) is 83.9 Å². The third kappa shape index (κ3) is 3.58. The second kappa shape index (κ2) is 7.26. The first-order valence-corrected chi connectivity index (χ1v) is 9.20. The highest BCUT2D eigenvalue weighted by Gasteiger charge is 2.22. The summed E-state index contributed by atoms with van der Waals surface area (Å²) in [6.45, 7) is 6.24. The van der Waals surface area contributed by atoms with Gasteiger partial charge >= 0.3 is 0 Å². The first-order valence-electron chi connectivity index (χ1n) is 9.20. The van der Waals surface area contributed by atoms with E-state index in [0.717, 1.165) is 54.0 Å². The molecule has 1 amide bonds. The normalized spacial score (nSPS) is 13.9. The van der Waals surface area contributed by atoms with Gasteiger partial charge in [-0.25, -0.2) is 15.0 Å². The summed E-state index contributed by atoms with van der Waals surface area (Å²) in [6, 6.07) is 5.79.